The molecule has 0 unspecified atom stereocenters. The Hall–Kier alpha value is -0.130. The van der Waals surface area contributed by atoms with Gasteiger partial charge >= 0.3 is 0 Å². The average Bonchev–Trinajstić information content (AvgIpc) is 2.48. The van der Waals surface area contributed by atoms with Gasteiger partial charge in [0.1, 0.15) is 0 Å². The third kappa shape index (κ3) is 5.82. The van der Waals surface area contributed by atoms with Gasteiger partial charge in [-0.25, -0.2) is 8.42 Å². The number of aliphatic imine (C=N–C) groups is 1. The molecule has 0 saturated carbocycles. The van der Waals surface area contributed by atoms with Gasteiger partial charge in [-0.3, -0.25) is 4.99 Å². The number of hydrogen-bond acceptors (Lipinski definition) is 4. The number of nitrogens with zero attached hydrogens (tertiary/aromatic N) is 3. The zero-order valence-electron chi connectivity index (χ0n) is 13.1. The van der Waals surface area contributed by atoms with Crippen molar-refractivity contribution in [3.63, 3.8) is 0 Å². The highest BCUT2D eigenvalue weighted by atomic mass is 127. The molecule has 22 heavy (non-hydrogen) atoms. The number of likely N-dealkylation sites (tertiary alicyclic amines) is 1. The molecule has 0 amide bonds. The lowest BCUT2D eigenvalue weighted by molar-refractivity contribution is 0.0731. The third-order valence-corrected chi connectivity index (χ3v) is 5.94. The number of guanidine groups is 1. The molecule has 0 atom stereocenters. The molecule has 9 heteroatoms. The van der Waals surface area contributed by atoms with Crippen LogP contribution in [0.15, 0.2) is 4.99 Å². The molecular formula is C13H27IN4O3S. The second kappa shape index (κ2) is 9.24. The van der Waals surface area contributed by atoms with E-state index >= 15 is 0 Å². The quantitative estimate of drug-likeness (QED) is 0.382. The van der Waals surface area contributed by atoms with Crippen molar-refractivity contribution in [3.05, 3.63) is 0 Å². The average molecular weight is 446 g/mol. The van der Waals surface area contributed by atoms with E-state index in [9.17, 15) is 8.42 Å². The van der Waals surface area contributed by atoms with Crippen molar-refractivity contribution in [2.75, 3.05) is 51.7 Å². The van der Waals surface area contributed by atoms with E-state index in [4.69, 9.17) is 10.5 Å². The van der Waals surface area contributed by atoms with E-state index in [1.807, 2.05) is 4.90 Å². The standard InChI is InChI=1S/C13H26N4O3S.HI/c1-12-2-5-16(6-3-12)13(14)15-4-11-21(18,19)17-7-9-20-10-8-17;/h12H,2-11H2,1H3,(H2,14,15);1H. The monoisotopic (exact) mass is 446 g/mol. The van der Waals surface area contributed by atoms with Crippen molar-refractivity contribution in [1.29, 1.82) is 0 Å². The molecule has 0 spiro atoms. The van der Waals surface area contributed by atoms with Gasteiger partial charge in [0, 0.05) is 26.2 Å². The highest BCUT2D eigenvalue weighted by Gasteiger charge is 2.24. The number of morpholine rings is 1. The van der Waals surface area contributed by atoms with Crippen LogP contribution in [0.4, 0.5) is 0 Å². The van der Waals surface area contributed by atoms with Crippen LogP contribution < -0.4 is 5.73 Å². The maximum atomic E-state index is 12.1. The highest BCUT2D eigenvalue weighted by molar-refractivity contribution is 14.0. The predicted molar refractivity (Wildman–Crippen MR) is 98.1 cm³/mol. The van der Waals surface area contributed by atoms with E-state index < -0.39 is 10.0 Å². The molecule has 2 heterocycles. The lowest BCUT2D eigenvalue weighted by atomic mass is 10.00. The minimum atomic E-state index is -3.25. The number of nitrogens with two attached hydrogens (primary N) is 1. The van der Waals surface area contributed by atoms with Crippen LogP contribution >= 0.6 is 24.0 Å². The second-order valence-electron chi connectivity index (χ2n) is 5.74. The highest BCUT2D eigenvalue weighted by Crippen LogP contribution is 2.15. The number of hydrogen-bond donors (Lipinski definition) is 1. The predicted octanol–water partition coefficient (Wildman–Crippen LogP) is 0.313. The van der Waals surface area contributed by atoms with Crippen molar-refractivity contribution in [1.82, 2.24) is 9.21 Å². The van der Waals surface area contributed by atoms with Crippen LogP contribution in [0.3, 0.4) is 0 Å². The zero-order valence-corrected chi connectivity index (χ0v) is 16.3. The smallest absolute Gasteiger partial charge is 0.216 e. The SMILES string of the molecule is CC1CCN(C(N)=NCCS(=O)(=O)N2CCOCC2)CC1.I. The molecular weight excluding hydrogens is 419 g/mol. The largest absolute Gasteiger partial charge is 0.379 e. The Bertz CT molecular complexity index is 458. The van der Waals surface area contributed by atoms with Gasteiger partial charge in [0.15, 0.2) is 5.96 Å². The molecule has 7 nitrogen and oxygen atoms in total. The van der Waals surface area contributed by atoms with E-state index in [1.54, 1.807) is 0 Å². The minimum absolute atomic E-state index is 0. The zero-order chi connectivity index (χ0) is 15.3. The maximum absolute atomic E-state index is 12.1. The fraction of sp³-hybridized carbons (Fsp3) is 0.923. The van der Waals surface area contributed by atoms with Gasteiger partial charge in [-0.05, 0) is 18.8 Å². The molecule has 2 aliphatic rings. The van der Waals surface area contributed by atoms with E-state index in [0.29, 0.717) is 32.3 Å². The first kappa shape index (κ1) is 19.9. The number of rotatable bonds is 4. The van der Waals surface area contributed by atoms with E-state index in [0.717, 1.165) is 31.8 Å². The van der Waals surface area contributed by atoms with Gasteiger partial charge in [-0.2, -0.15) is 4.31 Å². The summed E-state index contributed by atoms with van der Waals surface area (Å²) in [5.74, 6) is 1.22. The summed E-state index contributed by atoms with van der Waals surface area (Å²) >= 11 is 0. The first-order valence-corrected chi connectivity index (χ1v) is 9.20. The van der Waals surface area contributed by atoms with Crippen LogP contribution in [0, 0.1) is 5.92 Å². The molecule has 2 rings (SSSR count). The van der Waals surface area contributed by atoms with Crippen molar-refractivity contribution < 1.29 is 13.2 Å². The summed E-state index contributed by atoms with van der Waals surface area (Å²) in [7, 11) is -3.25. The summed E-state index contributed by atoms with van der Waals surface area (Å²) in [5.41, 5.74) is 5.95. The van der Waals surface area contributed by atoms with Crippen LogP contribution in [0.1, 0.15) is 19.8 Å². The molecule has 0 aliphatic carbocycles. The number of ether oxygens (including phenoxy) is 1. The third-order valence-electron chi connectivity index (χ3n) is 4.09. The molecule has 0 bridgehead atoms. The Labute approximate surface area is 150 Å². The Kier molecular flexibility index (Phi) is 8.36. The Morgan fingerprint density at radius 3 is 2.41 bits per heavy atom. The van der Waals surface area contributed by atoms with Crippen LogP contribution in [-0.4, -0.2) is 75.3 Å². The molecule has 2 saturated heterocycles. The number of halogens is 1. The maximum Gasteiger partial charge on any atom is 0.216 e. The van der Waals surface area contributed by atoms with Crippen molar-refractivity contribution in [2.45, 2.75) is 19.8 Å². The Morgan fingerprint density at radius 1 is 1.23 bits per heavy atom. The minimum Gasteiger partial charge on any atom is -0.379 e. The van der Waals surface area contributed by atoms with Crippen LogP contribution in [0.25, 0.3) is 0 Å². The molecule has 0 aromatic carbocycles. The second-order valence-corrected chi connectivity index (χ2v) is 7.83. The topological polar surface area (TPSA) is 88.2 Å². The van der Waals surface area contributed by atoms with Gasteiger partial charge < -0.3 is 15.4 Å². The molecule has 0 radical (unpaired) electrons. The lowest BCUT2D eigenvalue weighted by Crippen LogP contribution is -2.44. The fourth-order valence-electron chi connectivity index (χ4n) is 2.57. The first-order chi connectivity index (χ1) is 9.99. The van der Waals surface area contributed by atoms with E-state index in [2.05, 4.69) is 11.9 Å². The van der Waals surface area contributed by atoms with Crippen LogP contribution in [0.2, 0.25) is 0 Å². The summed E-state index contributed by atoms with van der Waals surface area (Å²) in [5, 5.41) is 0. The van der Waals surface area contributed by atoms with Crippen LogP contribution in [-0.2, 0) is 14.8 Å². The summed E-state index contributed by atoms with van der Waals surface area (Å²) in [6.45, 7) is 6.08. The normalized spacial score (nSPS) is 22.4. The lowest BCUT2D eigenvalue weighted by Gasteiger charge is -2.31. The van der Waals surface area contributed by atoms with Crippen LogP contribution in [0.5, 0.6) is 0 Å². The molecule has 0 aromatic rings. The number of piperidine rings is 1. The van der Waals surface area contributed by atoms with Crippen molar-refractivity contribution in [3.8, 4) is 0 Å². The molecule has 2 fully saturated rings. The van der Waals surface area contributed by atoms with E-state index in [-0.39, 0.29) is 36.3 Å². The molecule has 130 valence electrons. The summed E-state index contributed by atoms with van der Waals surface area (Å²) in [6.07, 6.45) is 2.23. The molecule has 2 aliphatic heterocycles. The van der Waals surface area contributed by atoms with Gasteiger partial charge in [-0.1, -0.05) is 6.92 Å². The first-order valence-electron chi connectivity index (χ1n) is 7.59. The summed E-state index contributed by atoms with van der Waals surface area (Å²) < 4.78 is 30.9. The van der Waals surface area contributed by atoms with Gasteiger partial charge in [0.2, 0.25) is 10.0 Å². The molecule has 0 aromatic heterocycles. The van der Waals surface area contributed by atoms with E-state index in [1.165, 1.54) is 4.31 Å². The van der Waals surface area contributed by atoms with Gasteiger partial charge in [0.05, 0.1) is 25.5 Å². The summed E-state index contributed by atoms with van der Waals surface area (Å²) in [6, 6.07) is 0. The Balaban J connectivity index is 0.00000242. The summed E-state index contributed by atoms with van der Waals surface area (Å²) in [4.78, 5) is 6.28. The van der Waals surface area contributed by atoms with Gasteiger partial charge in [0.25, 0.3) is 0 Å². The van der Waals surface area contributed by atoms with Gasteiger partial charge in [-0.15, -0.1) is 24.0 Å². The van der Waals surface area contributed by atoms with Crippen molar-refractivity contribution in [2.24, 2.45) is 16.6 Å². The molecule has 2 N–H and O–H groups in total. The Morgan fingerprint density at radius 2 is 1.82 bits per heavy atom. The van der Waals surface area contributed by atoms with Crippen molar-refractivity contribution >= 4 is 40.0 Å². The fourth-order valence-corrected chi connectivity index (χ4v) is 3.85. The number of sulfonamides is 1.